The zero-order valence-electron chi connectivity index (χ0n) is 6.91. The summed E-state index contributed by atoms with van der Waals surface area (Å²) in [4.78, 5) is 0. The van der Waals surface area contributed by atoms with E-state index < -0.39 is 0 Å². The third-order valence-corrected chi connectivity index (χ3v) is 4.23. The topological polar surface area (TPSA) is 37.8 Å². The van der Waals surface area contributed by atoms with Gasteiger partial charge in [-0.2, -0.15) is 11.8 Å². The van der Waals surface area contributed by atoms with Gasteiger partial charge in [0.05, 0.1) is 6.20 Å². The van der Waals surface area contributed by atoms with Crippen molar-refractivity contribution < 1.29 is 0 Å². The van der Waals surface area contributed by atoms with E-state index in [1.807, 2.05) is 11.8 Å². The lowest BCUT2D eigenvalue weighted by atomic mass is 10.4. The van der Waals surface area contributed by atoms with Crippen LogP contribution < -0.4 is 5.32 Å². The van der Waals surface area contributed by atoms with E-state index in [0.717, 1.165) is 11.5 Å². The van der Waals surface area contributed by atoms with E-state index in [-0.39, 0.29) is 0 Å². The van der Waals surface area contributed by atoms with Gasteiger partial charge >= 0.3 is 0 Å². The molecule has 3 nitrogen and oxygen atoms in total. The second-order valence-corrected chi connectivity index (χ2v) is 5.08. The van der Waals surface area contributed by atoms with Crippen LogP contribution in [0.3, 0.4) is 0 Å². The maximum Gasteiger partial charge on any atom is 0.130 e. The lowest BCUT2D eigenvalue weighted by Crippen LogP contribution is -2.16. The molecule has 0 aromatic carbocycles. The van der Waals surface area contributed by atoms with Crippen LogP contribution in [0.2, 0.25) is 0 Å². The maximum absolute atomic E-state index is 3.79. The molecule has 0 spiro atoms. The zero-order chi connectivity index (χ0) is 8.44. The summed E-state index contributed by atoms with van der Waals surface area (Å²) in [5, 5.41) is 8.20. The van der Waals surface area contributed by atoms with Crippen molar-refractivity contribution in [1.82, 2.24) is 9.59 Å². The number of hydrogen-bond acceptors (Lipinski definition) is 5. The van der Waals surface area contributed by atoms with Gasteiger partial charge in [-0.25, -0.2) is 0 Å². The third-order valence-electron chi connectivity index (χ3n) is 2.19. The van der Waals surface area contributed by atoms with E-state index in [2.05, 4.69) is 21.2 Å². The van der Waals surface area contributed by atoms with E-state index in [4.69, 9.17) is 0 Å². The molecular weight excluding hydrogens is 190 g/mol. The van der Waals surface area contributed by atoms with Crippen molar-refractivity contribution in [3.63, 3.8) is 0 Å². The van der Waals surface area contributed by atoms with Gasteiger partial charge in [0.25, 0.3) is 0 Å². The summed E-state index contributed by atoms with van der Waals surface area (Å²) in [6, 6.07) is 0. The summed E-state index contributed by atoms with van der Waals surface area (Å²) in [7, 11) is 0. The Bertz CT molecular complexity index is 243. The average Bonchev–Trinajstić information content (AvgIpc) is 2.70. The van der Waals surface area contributed by atoms with Gasteiger partial charge in [0.1, 0.15) is 5.00 Å². The smallest absolute Gasteiger partial charge is 0.130 e. The van der Waals surface area contributed by atoms with Crippen LogP contribution in [-0.4, -0.2) is 27.1 Å². The normalized spacial score (nSPS) is 19.1. The molecule has 12 heavy (non-hydrogen) atoms. The standard InChI is InChI=1S/C7H11N3S2/c1-11-7(2-3-7)5-8-6-4-9-10-12-6/h4,8H,2-3,5H2,1H3. The third kappa shape index (κ3) is 1.72. The highest BCUT2D eigenvalue weighted by molar-refractivity contribution is 8.00. The predicted octanol–water partition coefficient (Wildman–Crippen LogP) is 1.85. The fourth-order valence-electron chi connectivity index (χ4n) is 1.09. The first-order valence-corrected chi connectivity index (χ1v) is 5.91. The van der Waals surface area contributed by atoms with Gasteiger partial charge in [-0.3, -0.25) is 0 Å². The number of aromatic nitrogens is 2. The summed E-state index contributed by atoms with van der Waals surface area (Å²) in [6.45, 7) is 1.05. The minimum absolute atomic E-state index is 0.518. The molecule has 0 amide bonds. The molecule has 0 unspecified atom stereocenters. The second kappa shape index (κ2) is 3.22. The van der Waals surface area contributed by atoms with Gasteiger partial charge in [0, 0.05) is 22.8 Å². The molecule has 0 bridgehead atoms. The van der Waals surface area contributed by atoms with Crippen LogP contribution in [0.25, 0.3) is 0 Å². The molecule has 1 N–H and O–H groups in total. The van der Waals surface area contributed by atoms with Gasteiger partial charge in [0.2, 0.25) is 0 Å². The van der Waals surface area contributed by atoms with Crippen LogP contribution in [-0.2, 0) is 0 Å². The molecule has 1 aromatic heterocycles. The van der Waals surface area contributed by atoms with Gasteiger partial charge < -0.3 is 5.32 Å². The largest absolute Gasteiger partial charge is 0.373 e. The summed E-state index contributed by atoms with van der Waals surface area (Å²) >= 11 is 3.38. The first-order valence-electron chi connectivity index (χ1n) is 3.91. The number of rotatable bonds is 4. The van der Waals surface area contributed by atoms with Crippen molar-refractivity contribution in [2.45, 2.75) is 17.6 Å². The molecule has 0 aliphatic heterocycles. The molecule has 1 fully saturated rings. The highest BCUT2D eigenvalue weighted by atomic mass is 32.2. The van der Waals surface area contributed by atoms with Crippen LogP contribution >= 0.6 is 23.3 Å². The first-order chi connectivity index (χ1) is 5.85. The molecule has 1 saturated carbocycles. The van der Waals surface area contributed by atoms with Crippen molar-refractivity contribution in [1.29, 1.82) is 0 Å². The minimum Gasteiger partial charge on any atom is -0.373 e. The van der Waals surface area contributed by atoms with Crippen LogP contribution in [0.4, 0.5) is 5.00 Å². The Balaban J connectivity index is 1.83. The first kappa shape index (κ1) is 8.31. The van der Waals surface area contributed by atoms with Crippen molar-refractivity contribution in [3.05, 3.63) is 6.20 Å². The lowest BCUT2D eigenvalue weighted by molar-refractivity contribution is 0.952. The van der Waals surface area contributed by atoms with E-state index in [1.165, 1.54) is 24.4 Å². The van der Waals surface area contributed by atoms with Crippen LogP contribution in [0.5, 0.6) is 0 Å². The van der Waals surface area contributed by atoms with E-state index in [0.29, 0.717) is 4.75 Å². The molecule has 5 heteroatoms. The van der Waals surface area contributed by atoms with Crippen LogP contribution in [0, 0.1) is 0 Å². The Labute approximate surface area is 80.1 Å². The molecule has 1 aliphatic rings. The van der Waals surface area contributed by atoms with Crippen molar-refractivity contribution in [2.75, 3.05) is 18.1 Å². The molecule has 1 aliphatic carbocycles. The van der Waals surface area contributed by atoms with Crippen LogP contribution in [0.1, 0.15) is 12.8 Å². The monoisotopic (exact) mass is 201 g/mol. The Kier molecular flexibility index (Phi) is 2.23. The average molecular weight is 201 g/mol. The van der Waals surface area contributed by atoms with Crippen LogP contribution in [0.15, 0.2) is 6.20 Å². The molecule has 0 atom stereocenters. The molecule has 2 rings (SSSR count). The fourth-order valence-corrected chi connectivity index (χ4v) is 2.23. The molecule has 1 aromatic rings. The quantitative estimate of drug-likeness (QED) is 0.806. The SMILES string of the molecule is CSC1(CNc2cnns2)CC1. The Morgan fingerprint density at radius 3 is 3.08 bits per heavy atom. The van der Waals surface area contributed by atoms with Gasteiger partial charge in [-0.05, 0) is 19.1 Å². The van der Waals surface area contributed by atoms with Crippen molar-refractivity contribution in [2.24, 2.45) is 0 Å². The number of thioether (sulfide) groups is 1. The summed E-state index contributed by atoms with van der Waals surface area (Å²) < 4.78 is 4.31. The van der Waals surface area contributed by atoms with Gasteiger partial charge in [-0.15, -0.1) is 5.10 Å². The highest BCUT2D eigenvalue weighted by Crippen LogP contribution is 2.47. The fraction of sp³-hybridized carbons (Fsp3) is 0.714. The van der Waals surface area contributed by atoms with Crippen molar-refractivity contribution >= 4 is 28.3 Å². The molecule has 1 heterocycles. The second-order valence-electron chi connectivity index (χ2n) is 3.02. The predicted molar refractivity (Wildman–Crippen MR) is 53.9 cm³/mol. The number of nitrogens with zero attached hydrogens (tertiary/aromatic N) is 2. The summed E-state index contributed by atoms with van der Waals surface area (Å²) in [6.07, 6.45) is 6.64. The summed E-state index contributed by atoms with van der Waals surface area (Å²) in [5.74, 6) is 0. The van der Waals surface area contributed by atoms with E-state index >= 15 is 0 Å². The maximum atomic E-state index is 3.79. The lowest BCUT2D eigenvalue weighted by Gasteiger charge is -2.11. The molecule has 66 valence electrons. The molecule has 0 radical (unpaired) electrons. The Morgan fingerprint density at radius 2 is 2.58 bits per heavy atom. The molecular formula is C7H11N3S2. The summed E-state index contributed by atoms with van der Waals surface area (Å²) in [5.41, 5.74) is 0. The minimum atomic E-state index is 0.518. The Hall–Kier alpha value is -0.290. The number of anilines is 1. The van der Waals surface area contributed by atoms with Crippen molar-refractivity contribution in [3.8, 4) is 0 Å². The van der Waals surface area contributed by atoms with Gasteiger partial charge in [-0.1, -0.05) is 4.49 Å². The Morgan fingerprint density at radius 1 is 1.75 bits per heavy atom. The number of nitrogens with one attached hydrogen (secondary N) is 1. The van der Waals surface area contributed by atoms with Gasteiger partial charge in [0.15, 0.2) is 0 Å². The number of hydrogen-bond donors (Lipinski definition) is 1. The molecule has 0 saturated heterocycles. The zero-order valence-corrected chi connectivity index (χ0v) is 8.54. The van der Waals surface area contributed by atoms with E-state index in [9.17, 15) is 0 Å². The van der Waals surface area contributed by atoms with E-state index in [1.54, 1.807) is 6.20 Å². The highest BCUT2D eigenvalue weighted by Gasteiger charge is 2.41.